The quantitative estimate of drug-likeness (QED) is 0.830. The van der Waals surface area contributed by atoms with Crippen LogP contribution in [0.5, 0.6) is 0 Å². The summed E-state index contributed by atoms with van der Waals surface area (Å²) < 4.78 is 5.56. The number of benzene rings is 1. The molecule has 4 nitrogen and oxygen atoms in total. The summed E-state index contributed by atoms with van der Waals surface area (Å²) in [7, 11) is 0. The molecule has 5 heteroatoms. The zero-order valence-electron chi connectivity index (χ0n) is 11.1. The smallest absolute Gasteiger partial charge is 0.253 e. The van der Waals surface area contributed by atoms with Crippen LogP contribution >= 0.6 is 11.6 Å². The molecule has 0 saturated carbocycles. The van der Waals surface area contributed by atoms with E-state index in [1.165, 1.54) is 0 Å². The van der Waals surface area contributed by atoms with Crippen LogP contribution < -0.4 is 11.1 Å². The highest BCUT2D eigenvalue weighted by molar-refractivity contribution is 6.31. The van der Waals surface area contributed by atoms with Crippen molar-refractivity contribution in [3.8, 4) is 0 Å². The van der Waals surface area contributed by atoms with Crippen LogP contribution in [0.1, 0.15) is 27.7 Å². The molecular formula is C13H19ClN2O2. The lowest BCUT2D eigenvalue weighted by molar-refractivity contribution is -0.135. The molecule has 1 rings (SSSR count). The third-order valence-corrected chi connectivity index (χ3v) is 2.41. The molecule has 0 aromatic heterocycles. The van der Waals surface area contributed by atoms with E-state index in [2.05, 4.69) is 5.32 Å². The van der Waals surface area contributed by atoms with Crippen molar-refractivity contribution >= 4 is 28.9 Å². The first-order valence-corrected chi connectivity index (χ1v) is 6.10. The van der Waals surface area contributed by atoms with Crippen molar-refractivity contribution in [1.82, 2.24) is 0 Å². The minimum absolute atomic E-state index is 0.237. The van der Waals surface area contributed by atoms with Gasteiger partial charge in [0.1, 0.15) is 6.10 Å². The van der Waals surface area contributed by atoms with Crippen LogP contribution in [-0.2, 0) is 9.53 Å². The number of amides is 1. The molecule has 1 aromatic carbocycles. The van der Waals surface area contributed by atoms with Gasteiger partial charge >= 0.3 is 0 Å². The summed E-state index contributed by atoms with van der Waals surface area (Å²) in [5, 5.41) is 3.24. The molecule has 1 unspecified atom stereocenters. The second-order valence-corrected chi connectivity index (χ2v) is 5.53. The lowest BCUT2D eigenvalue weighted by atomic mass is 10.2. The van der Waals surface area contributed by atoms with Crippen LogP contribution in [0.2, 0.25) is 5.02 Å². The molecule has 1 amide bonds. The van der Waals surface area contributed by atoms with Gasteiger partial charge in [0, 0.05) is 5.02 Å². The Morgan fingerprint density at radius 3 is 2.56 bits per heavy atom. The summed E-state index contributed by atoms with van der Waals surface area (Å²) in [6, 6.07) is 4.93. The van der Waals surface area contributed by atoms with Gasteiger partial charge in [-0.2, -0.15) is 0 Å². The minimum atomic E-state index is -0.555. The van der Waals surface area contributed by atoms with Gasteiger partial charge in [-0.25, -0.2) is 0 Å². The highest BCUT2D eigenvalue weighted by atomic mass is 35.5. The first-order chi connectivity index (χ1) is 8.19. The van der Waals surface area contributed by atoms with Crippen LogP contribution in [0, 0.1) is 0 Å². The monoisotopic (exact) mass is 270 g/mol. The van der Waals surface area contributed by atoms with Crippen LogP contribution in [0.15, 0.2) is 18.2 Å². The molecule has 1 aromatic rings. The van der Waals surface area contributed by atoms with E-state index in [1.54, 1.807) is 25.1 Å². The molecule has 0 radical (unpaired) electrons. The predicted molar refractivity (Wildman–Crippen MR) is 74.8 cm³/mol. The number of nitrogens with one attached hydrogen (secondary N) is 1. The van der Waals surface area contributed by atoms with E-state index in [0.717, 1.165) is 0 Å². The average Bonchev–Trinajstić information content (AvgIpc) is 2.19. The lowest BCUT2D eigenvalue weighted by Crippen LogP contribution is -2.34. The predicted octanol–water partition coefficient (Wildman–Crippen LogP) is 3.06. The van der Waals surface area contributed by atoms with Crippen molar-refractivity contribution in [2.75, 3.05) is 11.1 Å². The summed E-state index contributed by atoms with van der Waals surface area (Å²) in [4.78, 5) is 11.9. The summed E-state index contributed by atoms with van der Waals surface area (Å²) in [6.07, 6.45) is -0.555. The Labute approximate surface area is 112 Å². The van der Waals surface area contributed by atoms with Crippen molar-refractivity contribution in [3.63, 3.8) is 0 Å². The van der Waals surface area contributed by atoms with Gasteiger partial charge in [-0.3, -0.25) is 4.79 Å². The molecule has 0 aliphatic rings. The Bertz CT molecular complexity index is 441. The summed E-state index contributed by atoms with van der Waals surface area (Å²) in [6.45, 7) is 7.39. The maximum atomic E-state index is 11.9. The second-order valence-electron chi connectivity index (χ2n) is 5.09. The fourth-order valence-electron chi connectivity index (χ4n) is 1.47. The van der Waals surface area contributed by atoms with E-state index in [0.29, 0.717) is 16.4 Å². The molecule has 0 heterocycles. The summed E-state index contributed by atoms with van der Waals surface area (Å²) in [5.41, 5.74) is 6.35. The number of nitrogens with two attached hydrogens (primary N) is 1. The zero-order chi connectivity index (χ0) is 13.9. The second kappa shape index (κ2) is 5.59. The Hall–Kier alpha value is -1.26. The van der Waals surface area contributed by atoms with E-state index in [-0.39, 0.29) is 11.5 Å². The van der Waals surface area contributed by atoms with Gasteiger partial charge in [-0.15, -0.1) is 0 Å². The SMILES string of the molecule is CC(OC(C)(C)C)C(=O)Nc1ccc(Cl)cc1N. The lowest BCUT2D eigenvalue weighted by Gasteiger charge is -2.24. The Morgan fingerprint density at radius 2 is 2.06 bits per heavy atom. The number of halogens is 1. The van der Waals surface area contributed by atoms with Crippen molar-refractivity contribution in [1.29, 1.82) is 0 Å². The molecule has 0 aliphatic heterocycles. The van der Waals surface area contributed by atoms with Crippen molar-refractivity contribution in [2.45, 2.75) is 39.4 Å². The van der Waals surface area contributed by atoms with Gasteiger partial charge in [0.15, 0.2) is 0 Å². The Kier molecular flexibility index (Phi) is 4.59. The minimum Gasteiger partial charge on any atom is -0.397 e. The molecule has 0 spiro atoms. The largest absolute Gasteiger partial charge is 0.397 e. The standard InChI is InChI=1S/C13H19ClN2O2/c1-8(18-13(2,3)4)12(17)16-11-6-5-9(14)7-10(11)15/h5-8H,15H2,1-4H3,(H,16,17). The van der Waals surface area contributed by atoms with Gasteiger partial charge < -0.3 is 15.8 Å². The van der Waals surface area contributed by atoms with Crippen molar-refractivity contribution in [2.24, 2.45) is 0 Å². The van der Waals surface area contributed by atoms with Gasteiger partial charge in [0.05, 0.1) is 17.0 Å². The highest BCUT2D eigenvalue weighted by Crippen LogP contribution is 2.23. The third-order valence-electron chi connectivity index (χ3n) is 2.17. The molecular weight excluding hydrogens is 252 g/mol. The highest BCUT2D eigenvalue weighted by Gasteiger charge is 2.21. The van der Waals surface area contributed by atoms with Crippen LogP contribution in [-0.4, -0.2) is 17.6 Å². The fourth-order valence-corrected chi connectivity index (χ4v) is 1.65. The molecule has 3 N–H and O–H groups in total. The molecule has 1 atom stereocenters. The number of nitrogen functional groups attached to an aromatic ring is 1. The number of ether oxygens (including phenoxy) is 1. The molecule has 0 saturated heterocycles. The molecule has 100 valence electrons. The number of hydrogen-bond donors (Lipinski definition) is 2. The topological polar surface area (TPSA) is 64.3 Å². The first-order valence-electron chi connectivity index (χ1n) is 5.73. The fraction of sp³-hybridized carbons (Fsp3) is 0.462. The molecule has 0 bridgehead atoms. The van der Waals surface area contributed by atoms with E-state index in [1.807, 2.05) is 20.8 Å². The summed E-state index contributed by atoms with van der Waals surface area (Å²) in [5.74, 6) is -0.237. The van der Waals surface area contributed by atoms with Gasteiger partial charge in [0.25, 0.3) is 5.91 Å². The van der Waals surface area contributed by atoms with Gasteiger partial charge in [-0.05, 0) is 45.9 Å². The maximum absolute atomic E-state index is 11.9. The number of carbonyl (C=O) groups excluding carboxylic acids is 1. The average molecular weight is 271 g/mol. The molecule has 0 fully saturated rings. The Morgan fingerprint density at radius 1 is 1.44 bits per heavy atom. The van der Waals surface area contributed by atoms with Crippen LogP contribution in [0.4, 0.5) is 11.4 Å². The maximum Gasteiger partial charge on any atom is 0.253 e. The number of hydrogen-bond acceptors (Lipinski definition) is 3. The third kappa shape index (κ3) is 4.55. The van der Waals surface area contributed by atoms with E-state index < -0.39 is 6.10 Å². The van der Waals surface area contributed by atoms with E-state index in [9.17, 15) is 4.79 Å². The Balaban J connectivity index is 2.70. The molecule has 18 heavy (non-hydrogen) atoms. The number of anilines is 2. The van der Waals surface area contributed by atoms with Crippen molar-refractivity contribution in [3.05, 3.63) is 23.2 Å². The number of rotatable bonds is 3. The van der Waals surface area contributed by atoms with Gasteiger partial charge in [0.2, 0.25) is 0 Å². The van der Waals surface area contributed by atoms with E-state index >= 15 is 0 Å². The molecule has 0 aliphatic carbocycles. The first kappa shape index (κ1) is 14.8. The van der Waals surface area contributed by atoms with Gasteiger partial charge in [-0.1, -0.05) is 11.6 Å². The number of carbonyl (C=O) groups is 1. The van der Waals surface area contributed by atoms with Crippen LogP contribution in [0.25, 0.3) is 0 Å². The van der Waals surface area contributed by atoms with Crippen molar-refractivity contribution < 1.29 is 9.53 Å². The van der Waals surface area contributed by atoms with Crippen LogP contribution in [0.3, 0.4) is 0 Å². The zero-order valence-corrected chi connectivity index (χ0v) is 11.8. The van der Waals surface area contributed by atoms with E-state index in [4.69, 9.17) is 22.1 Å². The summed E-state index contributed by atoms with van der Waals surface area (Å²) >= 11 is 5.79. The normalized spacial score (nSPS) is 13.2.